The van der Waals surface area contributed by atoms with Gasteiger partial charge in [0.2, 0.25) is 5.95 Å². The molecule has 234 valence electrons. The van der Waals surface area contributed by atoms with E-state index in [-0.39, 0.29) is 0 Å². The first kappa shape index (κ1) is 31.1. The van der Waals surface area contributed by atoms with Crippen molar-refractivity contribution in [3.63, 3.8) is 0 Å². The predicted molar refractivity (Wildman–Crippen MR) is 181 cm³/mol. The Morgan fingerprint density at radius 1 is 1.04 bits per heavy atom. The van der Waals surface area contributed by atoms with E-state index in [4.69, 9.17) is 14.5 Å². The van der Waals surface area contributed by atoms with E-state index in [1.807, 2.05) is 31.6 Å². The molecule has 0 saturated carbocycles. The average Bonchev–Trinajstić information content (AvgIpc) is 3.28. The minimum Gasteiger partial charge on any atom is -0.495 e. The van der Waals surface area contributed by atoms with Gasteiger partial charge in [-0.05, 0) is 71.1 Å². The maximum Gasteiger partial charge on any atom is 0.229 e. The fraction of sp³-hybridized carbons (Fsp3) is 0.323. The van der Waals surface area contributed by atoms with E-state index in [1.165, 1.54) is 0 Å². The Hall–Kier alpha value is -3.90. The molecular formula is C31H35BrN9O3P. The highest BCUT2D eigenvalue weighted by Crippen LogP contribution is 2.41. The first-order valence-corrected chi connectivity index (χ1v) is 17.9. The second-order valence-electron chi connectivity index (χ2n) is 11.2. The van der Waals surface area contributed by atoms with Crippen LogP contribution in [0, 0.1) is 0 Å². The topological polar surface area (TPSA) is 132 Å². The molecule has 1 aliphatic heterocycles. The fourth-order valence-corrected chi connectivity index (χ4v) is 7.16. The molecule has 2 aromatic carbocycles. The SMILES string of the molecule is COc1cc(CN2CCCOCC2)c(-c2cnn(C)c2)cc1Nc1ncc(Br)c(Nc2ccc3nccnc3c2P(C)(C)=O)n1. The standard InChI is InChI=1S/C31H35BrN9O3P/c1-40-18-21(16-36-40)22-15-26(27(43-2)14-20(22)19-41-10-5-12-44-13-11-41)38-31-35-17-23(32)30(39-31)37-25-7-6-24-28(34-9-8-33-24)29(25)45(3,4)42/h6-9,14-18H,5,10-13,19H2,1-4H3,(H2,35,37,38,39). The molecule has 2 N–H and O–H groups in total. The van der Waals surface area contributed by atoms with Crippen LogP contribution in [0.2, 0.25) is 0 Å². The Bertz CT molecular complexity index is 1890. The van der Waals surface area contributed by atoms with Gasteiger partial charge in [-0.15, -0.1) is 0 Å². The molecule has 0 aliphatic carbocycles. The van der Waals surface area contributed by atoms with Crippen LogP contribution in [0.5, 0.6) is 5.75 Å². The molecule has 6 rings (SSSR count). The van der Waals surface area contributed by atoms with Crippen LogP contribution in [-0.4, -0.2) is 81.4 Å². The summed E-state index contributed by atoms with van der Waals surface area (Å²) in [5, 5.41) is 11.8. The molecule has 1 saturated heterocycles. The quantitative estimate of drug-likeness (QED) is 0.189. The highest BCUT2D eigenvalue weighted by molar-refractivity contribution is 9.10. The summed E-state index contributed by atoms with van der Waals surface area (Å²) in [5.74, 6) is 1.52. The number of rotatable bonds is 9. The molecule has 0 radical (unpaired) electrons. The van der Waals surface area contributed by atoms with Crippen LogP contribution in [-0.2, 0) is 22.9 Å². The summed E-state index contributed by atoms with van der Waals surface area (Å²) in [5.41, 5.74) is 5.79. The third kappa shape index (κ3) is 7.01. The van der Waals surface area contributed by atoms with Crippen LogP contribution in [0.3, 0.4) is 0 Å². The second kappa shape index (κ2) is 13.2. The lowest BCUT2D eigenvalue weighted by Crippen LogP contribution is -2.26. The first-order valence-electron chi connectivity index (χ1n) is 14.6. The van der Waals surface area contributed by atoms with E-state index in [0.717, 1.165) is 56.0 Å². The number of anilines is 4. The molecule has 12 nitrogen and oxygen atoms in total. The third-order valence-electron chi connectivity index (χ3n) is 7.55. The van der Waals surface area contributed by atoms with E-state index in [9.17, 15) is 4.57 Å². The van der Waals surface area contributed by atoms with Crippen LogP contribution in [0.25, 0.3) is 22.2 Å². The normalized spacial score (nSPS) is 14.3. The van der Waals surface area contributed by atoms with Gasteiger partial charge >= 0.3 is 0 Å². The fourth-order valence-electron chi connectivity index (χ4n) is 5.48. The van der Waals surface area contributed by atoms with E-state index < -0.39 is 7.14 Å². The highest BCUT2D eigenvalue weighted by atomic mass is 79.9. The highest BCUT2D eigenvalue weighted by Gasteiger charge is 2.23. The number of methoxy groups -OCH3 is 1. The van der Waals surface area contributed by atoms with Gasteiger partial charge in [0.1, 0.15) is 24.2 Å². The first-order chi connectivity index (χ1) is 21.7. The van der Waals surface area contributed by atoms with E-state index >= 15 is 0 Å². The van der Waals surface area contributed by atoms with Gasteiger partial charge in [0.25, 0.3) is 0 Å². The van der Waals surface area contributed by atoms with Crippen LogP contribution in [0.1, 0.15) is 12.0 Å². The number of aromatic nitrogens is 6. The summed E-state index contributed by atoms with van der Waals surface area (Å²) >= 11 is 3.57. The van der Waals surface area contributed by atoms with Crippen LogP contribution in [0.15, 0.2) is 59.7 Å². The lowest BCUT2D eigenvalue weighted by molar-refractivity contribution is 0.140. The predicted octanol–water partition coefficient (Wildman–Crippen LogP) is 5.55. The molecule has 0 bridgehead atoms. The Morgan fingerprint density at radius 2 is 1.89 bits per heavy atom. The zero-order valence-electron chi connectivity index (χ0n) is 25.6. The number of nitrogens with one attached hydrogen (secondary N) is 2. The minimum absolute atomic E-state index is 0.354. The van der Waals surface area contributed by atoms with Crippen molar-refractivity contribution in [3.8, 4) is 16.9 Å². The number of fused-ring (bicyclic) bond motifs is 1. The maximum atomic E-state index is 13.4. The van der Waals surface area contributed by atoms with Gasteiger partial charge in [-0.3, -0.25) is 19.5 Å². The number of nitrogens with zero attached hydrogens (tertiary/aromatic N) is 7. The Kier molecular flexibility index (Phi) is 9.14. The average molecular weight is 693 g/mol. The van der Waals surface area contributed by atoms with Gasteiger partial charge in [-0.2, -0.15) is 10.1 Å². The van der Waals surface area contributed by atoms with E-state index in [0.29, 0.717) is 49.7 Å². The van der Waals surface area contributed by atoms with Gasteiger partial charge in [-0.25, -0.2) is 4.98 Å². The Labute approximate surface area is 270 Å². The van der Waals surface area contributed by atoms with Gasteiger partial charge < -0.3 is 24.7 Å². The molecule has 5 aromatic rings. The lowest BCUT2D eigenvalue weighted by atomic mass is 10.00. The monoisotopic (exact) mass is 691 g/mol. The van der Waals surface area contributed by atoms with Gasteiger partial charge in [-0.1, -0.05) is 0 Å². The molecular weight excluding hydrogens is 657 g/mol. The summed E-state index contributed by atoms with van der Waals surface area (Å²) < 4.78 is 27.4. The lowest BCUT2D eigenvalue weighted by Gasteiger charge is -2.22. The summed E-state index contributed by atoms with van der Waals surface area (Å²) in [6, 6.07) is 7.83. The molecule has 0 amide bonds. The number of ether oxygens (including phenoxy) is 2. The molecule has 45 heavy (non-hydrogen) atoms. The third-order valence-corrected chi connectivity index (χ3v) is 9.66. The van der Waals surface area contributed by atoms with Crippen molar-refractivity contribution >= 4 is 62.6 Å². The van der Waals surface area contributed by atoms with Crippen molar-refractivity contribution in [2.45, 2.75) is 13.0 Å². The number of aryl methyl sites for hydroxylation is 1. The van der Waals surface area contributed by atoms with Crippen LogP contribution >= 0.6 is 23.1 Å². The molecule has 1 fully saturated rings. The second-order valence-corrected chi connectivity index (χ2v) is 15.2. The zero-order chi connectivity index (χ0) is 31.6. The van der Waals surface area contributed by atoms with Crippen molar-refractivity contribution in [3.05, 3.63) is 65.3 Å². The summed E-state index contributed by atoms with van der Waals surface area (Å²) in [6.07, 6.45) is 9.76. The Morgan fingerprint density at radius 3 is 2.67 bits per heavy atom. The maximum absolute atomic E-state index is 13.4. The summed E-state index contributed by atoms with van der Waals surface area (Å²) in [4.78, 5) is 20.6. The summed E-state index contributed by atoms with van der Waals surface area (Å²) in [7, 11) is 0.805. The van der Waals surface area contributed by atoms with Crippen LogP contribution < -0.4 is 20.7 Å². The van der Waals surface area contributed by atoms with Gasteiger partial charge in [0.05, 0.1) is 46.6 Å². The smallest absolute Gasteiger partial charge is 0.229 e. The van der Waals surface area contributed by atoms with Crippen molar-refractivity contribution in [1.82, 2.24) is 34.6 Å². The molecule has 1 aliphatic rings. The number of hydrogen-bond donors (Lipinski definition) is 2. The van der Waals surface area contributed by atoms with Gasteiger partial charge in [0, 0.05) is 63.6 Å². The van der Waals surface area contributed by atoms with Crippen LogP contribution in [0.4, 0.5) is 23.1 Å². The number of benzene rings is 2. The van der Waals surface area contributed by atoms with E-state index in [2.05, 4.69) is 63.6 Å². The van der Waals surface area contributed by atoms with Gasteiger partial charge in [0.15, 0.2) is 0 Å². The number of halogens is 1. The minimum atomic E-state index is -2.76. The molecule has 4 heterocycles. The van der Waals surface area contributed by atoms with Crippen molar-refractivity contribution < 1.29 is 14.0 Å². The molecule has 0 unspecified atom stereocenters. The molecule has 14 heteroatoms. The molecule has 0 atom stereocenters. The van der Waals surface area contributed by atoms with Crippen molar-refractivity contribution in [1.29, 1.82) is 0 Å². The van der Waals surface area contributed by atoms with Crippen molar-refractivity contribution in [2.24, 2.45) is 7.05 Å². The van der Waals surface area contributed by atoms with E-state index in [1.54, 1.807) is 43.7 Å². The number of hydrogen-bond acceptors (Lipinski definition) is 11. The zero-order valence-corrected chi connectivity index (χ0v) is 28.1. The summed E-state index contributed by atoms with van der Waals surface area (Å²) in [6.45, 7) is 7.54. The molecule has 0 spiro atoms. The molecule has 3 aromatic heterocycles. The largest absolute Gasteiger partial charge is 0.495 e. The van der Waals surface area contributed by atoms with Crippen molar-refractivity contribution in [2.75, 3.05) is 57.4 Å². The Balaban J connectivity index is 1.35.